The Morgan fingerprint density at radius 3 is 2.91 bits per heavy atom. The Hall–Kier alpha value is -2.31. The van der Waals surface area contributed by atoms with Gasteiger partial charge in [0.25, 0.3) is 0 Å². The van der Waals surface area contributed by atoms with Crippen LogP contribution in [0.3, 0.4) is 0 Å². The van der Waals surface area contributed by atoms with Gasteiger partial charge in [0.2, 0.25) is 5.89 Å². The summed E-state index contributed by atoms with van der Waals surface area (Å²) >= 11 is 0. The predicted octanol–water partition coefficient (Wildman–Crippen LogP) is 1.59. The summed E-state index contributed by atoms with van der Waals surface area (Å²) < 4.78 is 7.47. The smallest absolute Gasteiger partial charge is 0.214 e. The first kappa shape index (κ1) is 15.6. The number of nitrogens with zero attached hydrogens (tertiary/aromatic N) is 5. The molecule has 0 amide bonds. The maximum absolute atomic E-state index is 5.61. The zero-order valence-corrected chi connectivity index (χ0v) is 14.2. The molecule has 23 heavy (non-hydrogen) atoms. The van der Waals surface area contributed by atoms with Crippen molar-refractivity contribution in [2.24, 2.45) is 12.0 Å². The van der Waals surface area contributed by atoms with E-state index in [0.29, 0.717) is 18.4 Å². The first-order valence-corrected chi connectivity index (χ1v) is 7.94. The highest BCUT2D eigenvalue weighted by Crippen LogP contribution is 2.26. The fourth-order valence-electron chi connectivity index (χ4n) is 2.98. The Bertz CT molecular complexity index is 682. The number of aromatic nitrogens is 3. The average Bonchev–Trinajstić information content (AvgIpc) is 3.22. The first-order valence-electron chi connectivity index (χ1n) is 7.94. The largest absolute Gasteiger partial charge is 0.444 e. The van der Waals surface area contributed by atoms with Gasteiger partial charge in [0, 0.05) is 39.3 Å². The van der Waals surface area contributed by atoms with Crippen LogP contribution in [0.15, 0.2) is 21.8 Å². The number of likely N-dealkylation sites (tertiary alicyclic amines) is 1. The van der Waals surface area contributed by atoms with Crippen molar-refractivity contribution in [1.82, 2.24) is 25.0 Å². The lowest BCUT2D eigenvalue weighted by Gasteiger charge is -2.21. The van der Waals surface area contributed by atoms with Crippen molar-refractivity contribution in [2.45, 2.75) is 32.7 Å². The lowest BCUT2D eigenvalue weighted by molar-refractivity contribution is 0.446. The zero-order chi connectivity index (χ0) is 16.4. The standard InChI is InChI=1S/C16H24N6O/c1-11-12(2)23-15(20-11)8-18-16(17-3)22-6-5-13(10-22)14-7-19-21(4)9-14/h7,9,13H,5-6,8,10H2,1-4H3,(H,17,18). The number of guanidine groups is 1. The molecule has 2 aromatic heterocycles. The number of aliphatic imine (C=N–C) groups is 1. The van der Waals surface area contributed by atoms with E-state index in [9.17, 15) is 0 Å². The van der Waals surface area contributed by atoms with Crippen molar-refractivity contribution in [3.05, 3.63) is 35.3 Å². The molecule has 0 bridgehead atoms. The van der Waals surface area contributed by atoms with E-state index in [4.69, 9.17) is 4.42 Å². The third-order valence-electron chi connectivity index (χ3n) is 4.37. The van der Waals surface area contributed by atoms with E-state index in [-0.39, 0.29) is 0 Å². The molecule has 1 aliphatic rings. The maximum Gasteiger partial charge on any atom is 0.214 e. The van der Waals surface area contributed by atoms with Gasteiger partial charge in [-0.05, 0) is 25.8 Å². The van der Waals surface area contributed by atoms with Gasteiger partial charge in [-0.2, -0.15) is 5.10 Å². The van der Waals surface area contributed by atoms with Crippen LogP contribution in [0, 0.1) is 13.8 Å². The fraction of sp³-hybridized carbons (Fsp3) is 0.562. The molecule has 0 saturated carbocycles. The minimum Gasteiger partial charge on any atom is -0.444 e. The highest BCUT2D eigenvalue weighted by atomic mass is 16.4. The Morgan fingerprint density at radius 2 is 2.30 bits per heavy atom. The minimum absolute atomic E-state index is 0.508. The number of aryl methyl sites for hydroxylation is 3. The van der Waals surface area contributed by atoms with Gasteiger partial charge in [0.15, 0.2) is 5.96 Å². The number of oxazole rings is 1. The molecule has 1 aliphatic heterocycles. The summed E-state index contributed by atoms with van der Waals surface area (Å²) in [5.74, 6) is 2.97. The second kappa shape index (κ2) is 6.44. The second-order valence-corrected chi connectivity index (χ2v) is 6.03. The van der Waals surface area contributed by atoms with Gasteiger partial charge in [0.1, 0.15) is 5.76 Å². The molecule has 1 fully saturated rings. The van der Waals surface area contributed by atoms with Gasteiger partial charge in [0.05, 0.1) is 18.4 Å². The molecule has 1 atom stereocenters. The van der Waals surface area contributed by atoms with Crippen molar-refractivity contribution >= 4 is 5.96 Å². The SMILES string of the molecule is CN=C(NCc1nc(C)c(C)o1)N1CCC(c2cnn(C)c2)C1. The third-order valence-corrected chi connectivity index (χ3v) is 4.37. The summed E-state index contributed by atoms with van der Waals surface area (Å²) in [5, 5.41) is 7.61. The summed E-state index contributed by atoms with van der Waals surface area (Å²) in [6.45, 7) is 6.38. The van der Waals surface area contributed by atoms with E-state index >= 15 is 0 Å². The molecule has 0 radical (unpaired) electrons. The molecule has 1 N–H and O–H groups in total. The third kappa shape index (κ3) is 3.38. The van der Waals surface area contributed by atoms with Gasteiger partial charge in [-0.25, -0.2) is 4.98 Å². The first-order chi connectivity index (χ1) is 11.1. The highest BCUT2D eigenvalue weighted by molar-refractivity contribution is 5.80. The van der Waals surface area contributed by atoms with Gasteiger partial charge >= 0.3 is 0 Å². The molecule has 7 nitrogen and oxygen atoms in total. The molecule has 1 unspecified atom stereocenters. The molecule has 0 aliphatic carbocycles. The molecule has 2 aromatic rings. The van der Waals surface area contributed by atoms with E-state index in [2.05, 4.69) is 31.5 Å². The zero-order valence-electron chi connectivity index (χ0n) is 14.2. The predicted molar refractivity (Wildman–Crippen MR) is 88.3 cm³/mol. The Kier molecular flexibility index (Phi) is 4.36. The molecule has 124 valence electrons. The average molecular weight is 316 g/mol. The number of hydrogen-bond donors (Lipinski definition) is 1. The lowest BCUT2D eigenvalue weighted by atomic mass is 10.0. The number of nitrogens with one attached hydrogen (secondary N) is 1. The summed E-state index contributed by atoms with van der Waals surface area (Å²) in [5.41, 5.74) is 2.24. The molecule has 0 aromatic carbocycles. The molecular formula is C16H24N6O. The van der Waals surface area contributed by atoms with Crippen LogP contribution in [0.1, 0.15) is 35.2 Å². The van der Waals surface area contributed by atoms with Crippen LogP contribution in [0.4, 0.5) is 0 Å². The summed E-state index contributed by atoms with van der Waals surface area (Å²) in [6, 6.07) is 0. The number of rotatable bonds is 3. The van der Waals surface area contributed by atoms with Crippen molar-refractivity contribution in [2.75, 3.05) is 20.1 Å². The second-order valence-electron chi connectivity index (χ2n) is 6.03. The van der Waals surface area contributed by atoms with Crippen molar-refractivity contribution in [1.29, 1.82) is 0 Å². The van der Waals surface area contributed by atoms with Crippen LogP contribution in [-0.2, 0) is 13.6 Å². The Balaban J connectivity index is 1.59. The molecule has 0 spiro atoms. The van der Waals surface area contributed by atoms with Crippen LogP contribution in [-0.4, -0.2) is 45.8 Å². The van der Waals surface area contributed by atoms with Crippen LogP contribution in [0.5, 0.6) is 0 Å². The van der Waals surface area contributed by atoms with Gasteiger partial charge in [-0.1, -0.05) is 0 Å². The summed E-state index contributed by atoms with van der Waals surface area (Å²) in [7, 11) is 3.77. The maximum atomic E-state index is 5.61. The van der Waals surface area contributed by atoms with Crippen molar-refractivity contribution in [3.63, 3.8) is 0 Å². The van der Waals surface area contributed by atoms with Gasteiger partial charge in [-0.15, -0.1) is 0 Å². The van der Waals surface area contributed by atoms with E-state index in [1.54, 1.807) is 0 Å². The van der Waals surface area contributed by atoms with E-state index in [1.807, 2.05) is 38.8 Å². The molecule has 7 heteroatoms. The quantitative estimate of drug-likeness (QED) is 0.688. The Morgan fingerprint density at radius 1 is 1.48 bits per heavy atom. The monoisotopic (exact) mass is 316 g/mol. The van der Waals surface area contributed by atoms with Crippen LogP contribution in [0.25, 0.3) is 0 Å². The Labute approximate surface area is 136 Å². The molecule has 3 rings (SSSR count). The van der Waals surface area contributed by atoms with Crippen molar-refractivity contribution < 1.29 is 4.42 Å². The van der Waals surface area contributed by atoms with Crippen LogP contribution < -0.4 is 5.32 Å². The fourth-order valence-corrected chi connectivity index (χ4v) is 2.98. The van der Waals surface area contributed by atoms with Crippen LogP contribution >= 0.6 is 0 Å². The van der Waals surface area contributed by atoms with E-state index in [1.165, 1.54) is 5.56 Å². The van der Waals surface area contributed by atoms with Gasteiger partial charge in [-0.3, -0.25) is 9.67 Å². The van der Waals surface area contributed by atoms with Crippen LogP contribution in [0.2, 0.25) is 0 Å². The van der Waals surface area contributed by atoms with E-state index in [0.717, 1.165) is 36.9 Å². The number of hydrogen-bond acceptors (Lipinski definition) is 4. The molecular weight excluding hydrogens is 292 g/mol. The normalized spacial score (nSPS) is 18.7. The van der Waals surface area contributed by atoms with Gasteiger partial charge < -0.3 is 14.6 Å². The highest BCUT2D eigenvalue weighted by Gasteiger charge is 2.27. The molecule has 3 heterocycles. The summed E-state index contributed by atoms with van der Waals surface area (Å²) in [6.07, 6.45) is 5.18. The summed E-state index contributed by atoms with van der Waals surface area (Å²) in [4.78, 5) is 11.1. The van der Waals surface area contributed by atoms with Crippen molar-refractivity contribution in [3.8, 4) is 0 Å². The molecule has 1 saturated heterocycles. The lowest BCUT2D eigenvalue weighted by Crippen LogP contribution is -2.39. The minimum atomic E-state index is 0.508. The topological polar surface area (TPSA) is 71.5 Å². The van der Waals surface area contributed by atoms with E-state index < -0.39 is 0 Å².